The molecule has 3 nitrogen and oxygen atoms in total. The van der Waals surface area contributed by atoms with E-state index in [1.165, 1.54) is 6.07 Å². The van der Waals surface area contributed by atoms with E-state index in [1.54, 1.807) is 0 Å². The van der Waals surface area contributed by atoms with Crippen molar-refractivity contribution >= 4 is 21.9 Å². The van der Waals surface area contributed by atoms with Crippen LogP contribution < -0.4 is 10.1 Å². The van der Waals surface area contributed by atoms with Gasteiger partial charge in [0.25, 0.3) is 0 Å². The molecule has 0 atom stereocenters. The molecule has 0 spiro atoms. The Morgan fingerprint density at radius 2 is 2.00 bits per heavy atom. The number of benzene rings is 1. The number of carbonyl (C=O) groups excluding carboxylic acids is 1. The van der Waals surface area contributed by atoms with Gasteiger partial charge in [0.05, 0.1) is 11.5 Å². The zero-order chi connectivity index (χ0) is 13.3. The van der Waals surface area contributed by atoms with Crippen LogP contribution in [0.5, 0.6) is 5.75 Å². The number of alkyl halides is 3. The highest BCUT2D eigenvalue weighted by Crippen LogP contribution is 2.34. The summed E-state index contributed by atoms with van der Waals surface area (Å²) in [6, 6.07) is 3.08. The summed E-state index contributed by atoms with van der Waals surface area (Å²) >= 11 is 2.96. The summed E-state index contributed by atoms with van der Waals surface area (Å²) < 4.78 is 42.8. The first kappa shape index (κ1) is 13.4. The number of halogens is 4. The topological polar surface area (TPSA) is 38.3 Å². The van der Waals surface area contributed by atoms with Gasteiger partial charge in [-0.3, -0.25) is 4.79 Å². The van der Waals surface area contributed by atoms with E-state index in [9.17, 15) is 18.0 Å². The summed E-state index contributed by atoms with van der Waals surface area (Å²) in [5, 5.41) is 2.88. The highest BCUT2D eigenvalue weighted by atomic mass is 79.9. The number of ether oxygens (including phenoxy) is 1. The maximum Gasteiger partial charge on any atom is 0.416 e. The van der Waals surface area contributed by atoms with Gasteiger partial charge in [-0.05, 0) is 18.2 Å². The number of esters is 1. The van der Waals surface area contributed by atoms with Crippen molar-refractivity contribution < 1.29 is 22.7 Å². The third-order valence-corrected chi connectivity index (χ3v) is 2.99. The lowest BCUT2D eigenvalue weighted by Gasteiger charge is -2.24. The molecule has 0 aliphatic carbocycles. The van der Waals surface area contributed by atoms with Gasteiger partial charge >= 0.3 is 12.1 Å². The molecule has 0 bridgehead atoms. The van der Waals surface area contributed by atoms with Gasteiger partial charge < -0.3 is 10.1 Å². The Kier molecular flexibility index (Phi) is 3.63. The van der Waals surface area contributed by atoms with E-state index in [-0.39, 0.29) is 16.1 Å². The van der Waals surface area contributed by atoms with Crippen molar-refractivity contribution in [3.05, 3.63) is 28.2 Å². The molecule has 0 unspecified atom stereocenters. The van der Waals surface area contributed by atoms with Crippen LogP contribution in [0.2, 0.25) is 0 Å². The Balaban J connectivity index is 2.17. The fourth-order valence-corrected chi connectivity index (χ4v) is 1.91. The molecular formula is C11H9BrF3NO2. The van der Waals surface area contributed by atoms with E-state index in [0.29, 0.717) is 13.1 Å². The Morgan fingerprint density at radius 1 is 1.33 bits per heavy atom. The molecule has 98 valence electrons. The van der Waals surface area contributed by atoms with Crippen molar-refractivity contribution in [3.63, 3.8) is 0 Å². The van der Waals surface area contributed by atoms with Crippen LogP contribution in [0, 0.1) is 5.92 Å². The SMILES string of the molecule is O=C(Oc1cc(Br)cc(C(F)(F)F)c1)C1CNC1. The predicted molar refractivity (Wildman–Crippen MR) is 61.1 cm³/mol. The summed E-state index contributed by atoms with van der Waals surface area (Å²) in [4.78, 5) is 11.5. The highest BCUT2D eigenvalue weighted by Gasteiger charge is 2.32. The van der Waals surface area contributed by atoms with Gasteiger partial charge in [0.15, 0.2) is 0 Å². The average Bonchev–Trinajstić information content (AvgIpc) is 2.11. The third-order valence-electron chi connectivity index (χ3n) is 2.53. The van der Waals surface area contributed by atoms with Crippen LogP contribution in [-0.4, -0.2) is 19.1 Å². The van der Waals surface area contributed by atoms with E-state index in [4.69, 9.17) is 4.74 Å². The standard InChI is InChI=1S/C11H9BrF3NO2/c12-8-1-7(11(13,14)15)2-9(3-8)18-10(17)6-4-16-5-6/h1-3,6,16H,4-5H2. The van der Waals surface area contributed by atoms with Crippen molar-refractivity contribution in [1.29, 1.82) is 0 Å². The maximum atomic E-state index is 12.5. The largest absolute Gasteiger partial charge is 0.426 e. The lowest BCUT2D eigenvalue weighted by Crippen LogP contribution is -2.48. The van der Waals surface area contributed by atoms with Crippen LogP contribution in [0.4, 0.5) is 13.2 Å². The van der Waals surface area contributed by atoms with Gasteiger partial charge in [-0.1, -0.05) is 15.9 Å². The Labute approximate surface area is 109 Å². The molecule has 1 aliphatic heterocycles. The zero-order valence-corrected chi connectivity index (χ0v) is 10.6. The number of rotatable bonds is 2. The second-order valence-electron chi connectivity index (χ2n) is 3.95. The van der Waals surface area contributed by atoms with Crippen LogP contribution in [-0.2, 0) is 11.0 Å². The van der Waals surface area contributed by atoms with Gasteiger partial charge in [0.1, 0.15) is 5.75 Å². The summed E-state index contributed by atoms with van der Waals surface area (Å²) in [5.41, 5.74) is -0.855. The van der Waals surface area contributed by atoms with Crippen LogP contribution in [0.15, 0.2) is 22.7 Å². The number of nitrogens with one attached hydrogen (secondary N) is 1. The van der Waals surface area contributed by atoms with Crippen molar-refractivity contribution in [3.8, 4) is 5.75 Å². The lowest BCUT2D eigenvalue weighted by atomic mass is 10.0. The normalized spacial score (nSPS) is 16.2. The predicted octanol–water partition coefficient (Wildman–Crippen LogP) is 2.59. The second-order valence-corrected chi connectivity index (χ2v) is 4.87. The van der Waals surface area contributed by atoms with E-state index < -0.39 is 17.7 Å². The molecule has 0 radical (unpaired) electrons. The van der Waals surface area contributed by atoms with E-state index in [0.717, 1.165) is 12.1 Å². The monoisotopic (exact) mass is 323 g/mol. The molecule has 7 heteroatoms. The van der Waals surface area contributed by atoms with E-state index in [1.807, 2.05) is 0 Å². The van der Waals surface area contributed by atoms with Gasteiger partial charge in [0.2, 0.25) is 0 Å². The fourth-order valence-electron chi connectivity index (χ4n) is 1.44. The molecule has 18 heavy (non-hydrogen) atoms. The third kappa shape index (κ3) is 3.02. The first-order valence-corrected chi connectivity index (χ1v) is 5.96. The minimum absolute atomic E-state index is 0.103. The summed E-state index contributed by atoms with van der Waals surface area (Å²) in [7, 11) is 0. The molecule has 1 aromatic rings. The van der Waals surface area contributed by atoms with E-state index >= 15 is 0 Å². The van der Waals surface area contributed by atoms with Gasteiger partial charge in [-0.15, -0.1) is 0 Å². The molecule has 1 aliphatic rings. The Hall–Kier alpha value is -1.08. The lowest BCUT2D eigenvalue weighted by molar-refractivity contribution is -0.142. The second kappa shape index (κ2) is 4.89. The summed E-state index contributed by atoms with van der Waals surface area (Å²) in [6.07, 6.45) is -4.47. The number of hydrogen-bond donors (Lipinski definition) is 1. The molecule has 1 fully saturated rings. The molecule has 0 aromatic heterocycles. The van der Waals surface area contributed by atoms with Crippen molar-refractivity contribution in [2.75, 3.05) is 13.1 Å². The highest BCUT2D eigenvalue weighted by molar-refractivity contribution is 9.10. The van der Waals surface area contributed by atoms with Crippen molar-refractivity contribution in [1.82, 2.24) is 5.32 Å². The fraction of sp³-hybridized carbons (Fsp3) is 0.364. The average molecular weight is 324 g/mol. The summed E-state index contributed by atoms with van der Waals surface area (Å²) in [5.74, 6) is -0.896. The number of hydrogen-bond acceptors (Lipinski definition) is 3. The molecule has 0 amide bonds. The van der Waals surface area contributed by atoms with Gasteiger partial charge in [-0.2, -0.15) is 13.2 Å². The number of carbonyl (C=O) groups is 1. The maximum absolute atomic E-state index is 12.5. The van der Waals surface area contributed by atoms with Crippen LogP contribution in [0.3, 0.4) is 0 Å². The Bertz CT molecular complexity index is 472. The molecular weight excluding hydrogens is 315 g/mol. The molecule has 1 N–H and O–H groups in total. The summed E-state index contributed by atoms with van der Waals surface area (Å²) in [6.45, 7) is 0.998. The first-order chi connectivity index (χ1) is 8.36. The minimum Gasteiger partial charge on any atom is -0.426 e. The quantitative estimate of drug-likeness (QED) is 0.671. The van der Waals surface area contributed by atoms with Crippen LogP contribution in [0.25, 0.3) is 0 Å². The first-order valence-electron chi connectivity index (χ1n) is 5.16. The van der Waals surface area contributed by atoms with Crippen molar-refractivity contribution in [2.24, 2.45) is 5.92 Å². The van der Waals surface area contributed by atoms with Gasteiger partial charge in [-0.25, -0.2) is 0 Å². The molecule has 1 aromatic carbocycles. The van der Waals surface area contributed by atoms with Gasteiger partial charge in [0, 0.05) is 17.6 Å². The van der Waals surface area contributed by atoms with Crippen LogP contribution >= 0.6 is 15.9 Å². The smallest absolute Gasteiger partial charge is 0.416 e. The van der Waals surface area contributed by atoms with Crippen molar-refractivity contribution in [2.45, 2.75) is 6.18 Å². The molecule has 2 rings (SSSR count). The van der Waals surface area contributed by atoms with E-state index in [2.05, 4.69) is 21.2 Å². The van der Waals surface area contributed by atoms with Crippen LogP contribution in [0.1, 0.15) is 5.56 Å². The molecule has 0 saturated carbocycles. The zero-order valence-electron chi connectivity index (χ0n) is 9.05. The Morgan fingerprint density at radius 3 is 2.50 bits per heavy atom. The minimum atomic E-state index is -4.47. The molecule has 1 saturated heterocycles. The molecule has 1 heterocycles.